The van der Waals surface area contributed by atoms with Crippen molar-refractivity contribution < 1.29 is 34.8 Å². The number of nitrogens with zero attached hydrogens (tertiary/aromatic N) is 3. The minimum atomic E-state index is -1.95. The molecule has 1 aromatic heterocycles. The van der Waals surface area contributed by atoms with Gasteiger partial charge in [-0.05, 0) is 42.8 Å². The average Bonchev–Trinajstić information content (AvgIpc) is 2.90. The van der Waals surface area contributed by atoms with Crippen molar-refractivity contribution in [3.8, 4) is 34.3 Å². The van der Waals surface area contributed by atoms with Gasteiger partial charge in [-0.1, -0.05) is 12.1 Å². The Labute approximate surface area is 212 Å². The minimum Gasteiger partial charge on any atom is -0.480 e. The van der Waals surface area contributed by atoms with Gasteiger partial charge in [0.25, 0.3) is 5.69 Å². The largest absolute Gasteiger partial charge is 0.480 e. The molecule has 0 spiro atoms. The molecule has 0 aliphatic carbocycles. The second kappa shape index (κ2) is 12.2. The van der Waals surface area contributed by atoms with Gasteiger partial charge in [-0.2, -0.15) is 5.26 Å². The van der Waals surface area contributed by atoms with Crippen LogP contribution in [0.15, 0.2) is 54.6 Å². The third-order valence-electron chi connectivity index (χ3n) is 5.48. The zero-order chi connectivity index (χ0) is 27.1. The molecule has 3 rings (SSSR count). The zero-order valence-corrected chi connectivity index (χ0v) is 20.0. The first kappa shape index (κ1) is 27.5. The van der Waals surface area contributed by atoms with E-state index in [1.807, 2.05) is 0 Å². The number of hydrogen-bond acceptors (Lipinski definition) is 11. The van der Waals surface area contributed by atoms with Crippen LogP contribution in [-0.2, 0) is 4.74 Å². The molecule has 0 radical (unpaired) electrons. The number of nitriles is 1. The monoisotopic (exact) mass is 510 g/mol. The number of nitro groups is 1. The maximum Gasteiger partial charge on any atom is 0.269 e. The van der Waals surface area contributed by atoms with Crippen molar-refractivity contribution in [2.45, 2.75) is 31.6 Å². The number of aliphatic hydroxyl groups excluding tert-OH is 3. The molecule has 12 heteroatoms. The standard InChI is InChI=1S/C25H26N4O8/c1-14(31)22(13-30)37-24(25(32)33)27-17-7-3-15(4-8-17)19-11-21(28-23(36-2)20(19)12-26)16-5-9-18(10-6-16)29(34)35/h3-11,14,22,24-25,27,30-33H,13H2,1-2H3. The second-order valence-corrected chi connectivity index (χ2v) is 8.01. The van der Waals surface area contributed by atoms with E-state index in [4.69, 9.17) is 9.47 Å². The third-order valence-corrected chi connectivity index (χ3v) is 5.48. The SMILES string of the molecule is COc1nc(-c2ccc([N+](=O)[O-])cc2)cc(-c2ccc(NC(OC(CO)C(C)O)C(O)O)cc2)c1C#N. The van der Waals surface area contributed by atoms with E-state index in [2.05, 4.69) is 16.4 Å². The van der Waals surface area contributed by atoms with Gasteiger partial charge in [-0.3, -0.25) is 10.1 Å². The van der Waals surface area contributed by atoms with Gasteiger partial charge in [0, 0.05) is 28.9 Å². The number of benzene rings is 2. The lowest BCUT2D eigenvalue weighted by Crippen LogP contribution is -2.43. The molecule has 3 aromatic rings. The number of anilines is 1. The quantitative estimate of drug-likeness (QED) is 0.144. The average molecular weight is 511 g/mol. The lowest BCUT2D eigenvalue weighted by molar-refractivity contribution is -0.384. The molecule has 0 bridgehead atoms. The molecule has 0 aliphatic heterocycles. The van der Waals surface area contributed by atoms with Gasteiger partial charge in [-0.15, -0.1) is 0 Å². The Morgan fingerprint density at radius 3 is 2.22 bits per heavy atom. The van der Waals surface area contributed by atoms with E-state index in [0.29, 0.717) is 28.1 Å². The molecule has 3 atom stereocenters. The van der Waals surface area contributed by atoms with E-state index >= 15 is 0 Å². The maximum absolute atomic E-state index is 11.0. The van der Waals surface area contributed by atoms with Crippen LogP contribution in [0.3, 0.4) is 0 Å². The predicted molar refractivity (Wildman–Crippen MR) is 132 cm³/mol. The van der Waals surface area contributed by atoms with Gasteiger partial charge >= 0.3 is 0 Å². The Morgan fingerprint density at radius 1 is 1.11 bits per heavy atom. The van der Waals surface area contributed by atoms with Crippen LogP contribution in [-0.4, -0.2) is 68.8 Å². The lowest BCUT2D eigenvalue weighted by Gasteiger charge is -2.28. The number of aliphatic hydroxyl groups is 4. The van der Waals surface area contributed by atoms with E-state index < -0.39 is 36.3 Å². The second-order valence-electron chi connectivity index (χ2n) is 8.01. The molecular formula is C25H26N4O8. The number of nitrogens with one attached hydrogen (secondary N) is 1. The summed E-state index contributed by atoms with van der Waals surface area (Å²) >= 11 is 0. The Morgan fingerprint density at radius 2 is 1.73 bits per heavy atom. The minimum absolute atomic E-state index is 0.0679. The summed E-state index contributed by atoms with van der Waals surface area (Å²) in [5, 5.41) is 61.8. The molecule has 12 nitrogen and oxygen atoms in total. The Bertz CT molecular complexity index is 1260. The first-order valence-electron chi connectivity index (χ1n) is 11.1. The summed E-state index contributed by atoms with van der Waals surface area (Å²) in [6, 6.07) is 16.2. The van der Waals surface area contributed by atoms with Gasteiger partial charge in [0.2, 0.25) is 5.88 Å². The number of pyridine rings is 1. The van der Waals surface area contributed by atoms with Crippen molar-refractivity contribution in [2.75, 3.05) is 19.0 Å². The van der Waals surface area contributed by atoms with Crippen LogP contribution >= 0.6 is 0 Å². The zero-order valence-electron chi connectivity index (χ0n) is 20.0. The highest BCUT2D eigenvalue weighted by Crippen LogP contribution is 2.34. The Balaban J connectivity index is 1.94. The molecular weight excluding hydrogens is 484 g/mol. The summed E-state index contributed by atoms with van der Waals surface area (Å²) in [6.45, 7) is 0.872. The fraction of sp³-hybridized carbons (Fsp3) is 0.280. The lowest BCUT2D eigenvalue weighted by atomic mass is 9.98. The summed E-state index contributed by atoms with van der Waals surface area (Å²) in [6.07, 6.45) is -5.39. The molecule has 0 amide bonds. The molecule has 5 N–H and O–H groups in total. The molecule has 1 heterocycles. The van der Waals surface area contributed by atoms with Crippen molar-refractivity contribution in [1.29, 1.82) is 5.26 Å². The van der Waals surface area contributed by atoms with Gasteiger partial charge in [0.15, 0.2) is 12.5 Å². The van der Waals surface area contributed by atoms with Crippen molar-refractivity contribution in [3.05, 3.63) is 70.3 Å². The number of rotatable bonds is 11. The third kappa shape index (κ3) is 6.56. The molecule has 37 heavy (non-hydrogen) atoms. The van der Waals surface area contributed by atoms with Crippen molar-refractivity contribution in [1.82, 2.24) is 4.98 Å². The number of non-ortho nitro benzene ring substituents is 1. The van der Waals surface area contributed by atoms with Crippen LogP contribution in [0.25, 0.3) is 22.4 Å². The van der Waals surface area contributed by atoms with E-state index in [1.165, 1.54) is 26.2 Å². The van der Waals surface area contributed by atoms with Crippen LogP contribution in [0, 0.1) is 21.4 Å². The number of methoxy groups -OCH3 is 1. The van der Waals surface area contributed by atoms with Crippen molar-refractivity contribution >= 4 is 11.4 Å². The molecule has 0 saturated heterocycles. The van der Waals surface area contributed by atoms with Crippen LogP contribution in [0.4, 0.5) is 11.4 Å². The van der Waals surface area contributed by atoms with E-state index in [1.54, 1.807) is 42.5 Å². The van der Waals surface area contributed by atoms with Crippen LogP contribution < -0.4 is 10.1 Å². The number of aromatic nitrogens is 1. The number of nitro benzene ring substituents is 1. The van der Waals surface area contributed by atoms with Crippen LogP contribution in [0.2, 0.25) is 0 Å². The molecule has 2 aromatic carbocycles. The fourth-order valence-electron chi connectivity index (χ4n) is 3.49. The van der Waals surface area contributed by atoms with Gasteiger partial charge in [0.05, 0.1) is 30.4 Å². The van der Waals surface area contributed by atoms with E-state index in [-0.39, 0.29) is 17.1 Å². The van der Waals surface area contributed by atoms with E-state index in [9.17, 15) is 35.8 Å². The molecule has 0 fully saturated rings. The topological polar surface area (TPSA) is 191 Å². The normalized spacial score (nSPS) is 13.5. The Hall–Kier alpha value is -4.12. The summed E-state index contributed by atoms with van der Waals surface area (Å²) in [5.74, 6) is 0.0839. The van der Waals surface area contributed by atoms with E-state index in [0.717, 1.165) is 0 Å². The Kier molecular flexibility index (Phi) is 9.07. The molecule has 0 saturated carbocycles. The summed E-state index contributed by atoms with van der Waals surface area (Å²) in [7, 11) is 1.38. The van der Waals surface area contributed by atoms with Crippen LogP contribution in [0.1, 0.15) is 12.5 Å². The highest BCUT2D eigenvalue weighted by molar-refractivity contribution is 5.78. The number of ether oxygens (including phenoxy) is 2. The summed E-state index contributed by atoms with van der Waals surface area (Å²) < 4.78 is 10.7. The van der Waals surface area contributed by atoms with Crippen molar-refractivity contribution in [2.24, 2.45) is 0 Å². The highest BCUT2D eigenvalue weighted by atomic mass is 16.6. The summed E-state index contributed by atoms with van der Waals surface area (Å²) in [5.41, 5.74) is 2.68. The van der Waals surface area contributed by atoms with Gasteiger partial charge < -0.3 is 35.2 Å². The van der Waals surface area contributed by atoms with Gasteiger partial charge in [-0.25, -0.2) is 4.98 Å². The number of hydrogen-bond donors (Lipinski definition) is 5. The molecule has 194 valence electrons. The smallest absolute Gasteiger partial charge is 0.269 e. The fourth-order valence-corrected chi connectivity index (χ4v) is 3.49. The first-order chi connectivity index (χ1) is 17.7. The summed E-state index contributed by atoms with van der Waals surface area (Å²) in [4.78, 5) is 14.8. The molecule has 3 unspecified atom stereocenters. The molecule has 0 aliphatic rings. The van der Waals surface area contributed by atoms with Crippen molar-refractivity contribution in [3.63, 3.8) is 0 Å². The predicted octanol–water partition coefficient (Wildman–Crippen LogP) is 2.01. The van der Waals surface area contributed by atoms with Crippen LogP contribution in [0.5, 0.6) is 5.88 Å². The first-order valence-corrected chi connectivity index (χ1v) is 11.1. The highest BCUT2D eigenvalue weighted by Gasteiger charge is 2.25. The maximum atomic E-state index is 11.0. The van der Waals surface area contributed by atoms with Gasteiger partial charge in [0.1, 0.15) is 17.7 Å².